The summed E-state index contributed by atoms with van der Waals surface area (Å²) in [5.74, 6) is 1.46. The first-order chi connectivity index (χ1) is 18.0. The van der Waals surface area contributed by atoms with Crippen molar-refractivity contribution in [3.05, 3.63) is 120 Å². The Balaban J connectivity index is 1.29. The SMILES string of the molecule is CCC1C=C(C)N(C)C(c2ccc3cnc(NC(=O)c4ccc(OCc5ccccc5)cc4)cc3c2)=C1. The number of benzene rings is 3. The fraction of sp³-hybridized carbons (Fsp3) is 0.188. The third-order valence-electron chi connectivity index (χ3n) is 6.81. The molecule has 2 heterocycles. The molecule has 1 aliphatic heterocycles. The monoisotopic (exact) mass is 489 g/mol. The van der Waals surface area contributed by atoms with E-state index in [0.29, 0.717) is 29.7 Å². The van der Waals surface area contributed by atoms with Gasteiger partial charge in [-0.25, -0.2) is 4.98 Å². The first kappa shape index (κ1) is 24.3. The summed E-state index contributed by atoms with van der Waals surface area (Å²) in [4.78, 5) is 19.6. The number of aromatic nitrogens is 1. The first-order valence-electron chi connectivity index (χ1n) is 12.6. The molecule has 5 nitrogen and oxygen atoms in total. The highest BCUT2D eigenvalue weighted by Gasteiger charge is 2.17. The summed E-state index contributed by atoms with van der Waals surface area (Å²) < 4.78 is 5.83. The number of rotatable bonds is 7. The maximum atomic E-state index is 12.9. The van der Waals surface area contributed by atoms with Gasteiger partial charge in [-0.3, -0.25) is 4.79 Å². The average Bonchev–Trinajstić information content (AvgIpc) is 2.93. The molecule has 0 saturated heterocycles. The quantitative estimate of drug-likeness (QED) is 0.296. The number of fused-ring (bicyclic) bond motifs is 1. The van der Waals surface area contributed by atoms with Gasteiger partial charge in [0.05, 0.1) is 0 Å². The van der Waals surface area contributed by atoms with Crippen molar-refractivity contribution in [1.82, 2.24) is 9.88 Å². The molecule has 186 valence electrons. The van der Waals surface area contributed by atoms with Gasteiger partial charge in [-0.2, -0.15) is 0 Å². The molecule has 0 fully saturated rings. The van der Waals surface area contributed by atoms with Crippen LogP contribution in [0.5, 0.6) is 5.75 Å². The van der Waals surface area contributed by atoms with Crippen LogP contribution < -0.4 is 10.1 Å². The number of hydrogen-bond acceptors (Lipinski definition) is 4. The summed E-state index contributed by atoms with van der Waals surface area (Å²) in [5.41, 5.74) is 5.24. The number of pyridine rings is 1. The van der Waals surface area contributed by atoms with E-state index >= 15 is 0 Å². The number of hydrogen-bond donors (Lipinski definition) is 1. The number of allylic oxidation sites excluding steroid dienone is 3. The van der Waals surface area contributed by atoms with Crippen LogP contribution >= 0.6 is 0 Å². The van der Waals surface area contributed by atoms with E-state index in [2.05, 4.69) is 66.4 Å². The van der Waals surface area contributed by atoms with Crippen LogP contribution in [0.4, 0.5) is 5.82 Å². The molecule has 5 rings (SSSR count). The Labute approximate surface area is 218 Å². The van der Waals surface area contributed by atoms with Gasteiger partial charge in [-0.1, -0.05) is 61.5 Å². The molecule has 4 aromatic rings. The number of carbonyl (C=O) groups is 1. The third kappa shape index (κ3) is 5.56. The molecule has 0 radical (unpaired) electrons. The Morgan fingerprint density at radius 1 is 0.973 bits per heavy atom. The van der Waals surface area contributed by atoms with Crippen molar-refractivity contribution in [2.45, 2.75) is 26.9 Å². The van der Waals surface area contributed by atoms with Crippen molar-refractivity contribution in [3.63, 3.8) is 0 Å². The lowest BCUT2D eigenvalue weighted by molar-refractivity contribution is 0.102. The highest BCUT2D eigenvalue weighted by atomic mass is 16.5. The minimum absolute atomic E-state index is 0.209. The number of ether oxygens (including phenoxy) is 1. The van der Waals surface area contributed by atoms with Crippen LogP contribution in [0.1, 0.15) is 41.8 Å². The molecule has 1 unspecified atom stereocenters. The molecule has 0 bridgehead atoms. The smallest absolute Gasteiger partial charge is 0.256 e. The molecule has 37 heavy (non-hydrogen) atoms. The highest BCUT2D eigenvalue weighted by molar-refractivity contribution is 6.04. The van der Waals surface area contributed by atoms with Crippen molar-refractivity contribution < 1.29 is 9.53 Å². The van der Waals surface area contributed by atoms with Crippen LogP contribution in [0.2, 0.25) is 0 Å². The summed E-state index contributed by atoms with van der Waals surface area (Å²) in [6, 6.07) is 25.5. The van der Waals surface area contributed by atoms with E-state index in [0.717, 1.165) is 28.3 Å². The van der Waals surface area contributed by atoms with Crippen LogP contribution in [0, 0.1) is 5.92 Å². The molecule has 1 atom stereocenters. The Morgan fingerprint density at radius 3 is 2.51 bits per heavy atom. The summed E-state index contributed by atoms with van der Waals surface area (Å²) >= 11 is 0. The van der Waals surface area contributed by atoms with E-state index in [1.165, 1.54) is 11.4 Å². The van der Waals surface area contributed by atoms with E-state index in [1.807, 2.05) is 48.5 Å². The van der Waals surface area contributed by atoms with Crippen LogP contribution in [0.3, 0.4) is 0 Å². The van der Waals surface area contributed by atoms with E-state index in [1.54, 1.807) is 18.3 Å². The second kappa shape index (κ2) is 10.7. The number of nitrogens with zero attached hydrogens (tertiary/aromatic N) is 2. The molecule has 0 saturated carbocycles. The molecular weight excluding hydrogens is 458 g/mol. The van der Waals surface area contributed by atoms with E-state index in [4.69, 9.17) is 4.74 Å². The van der Waals surface area contributed by atoms with Crippen LogP contribution in [-0.4, -0.2) is 22.8 Å². The zero-order valence-electron chi connectivity index (χ0n) is 21.4. The maximum absolute atomic E-state index is 12.9. The van der Waals surface area contributed by atoms with Gasteiger partial charge in [0, 0.05) is 35.6 Å². The molecule has 1 aliphatic rings. The summed E-state index contributed by atoms with van der Waals surface area (Å²) in [6.45, 7) is 4.84. The molecule has 1 N–H and O–H groups in total. The first-order valence-corrected chi connectivity index (χ1v) is 12.6. The fourth-order valence-corrected chi connectivity index (χ4v) is 4.50. The third-order valence-corrected chi connectivity index (χ3v) is 6.81. The Hall–Kier alpha value is -4.38. The minimum atomic E-state index is -0.209. The van der Waals surface area contributed by atoms with Gasteiger partial charge in [-0.05, 0) is 72.2 Å². The van der Waals surface area contributed by atoms with Gasteiger partial charge in [-0.15, -0.1) is 0 Å². The molecule has 0 aliphatic carbocycles. The van der Waals surface area contributed by atoms with Gasteiger partial charge >= 0.3 is 0 Å². The van der Waals surface area contributed by atoms with Crippen molar-refractivity contribution in [1.29, 1.82) is 0 Å². The van der Waals surface area contributed by atoms with Crippen molar-refractivity contribution in [2.24, 2.45) is 5.92 Å². The molecule has 1 amide bonds. The zero-order chi connectivity index (χ0) is 25.8. The van der Waals surface area contributed by atoms with Crippen LogP contribution in [0.15, 0.2) is 103 Å². The second-order valence-corrected chi connectivity index (χ2v) is 9.38. The molecule has 3 aromatic carbocycles. The lowest BCUT2D eigenvalue weighted by atomic mass is 9.95. The van der Waals surface area contributed by atoms with Crippen molar-refractivity contribution in [2.75, 3.05) is 12.4 Å². The summed E-state index contributed by atoms with van der Waals surface area (Å²) in [5, 5.41) is 4.99. The Bertz CT molecular complexity index is 1470. The molecule has 5 heteroatoms. The van der Waals surface area contributed by atoms with Gasteiger partial charge in [0.15, 0.2) is 0 Å². The zero-order valence-corrected chi connectivity index (χ0v) is 21.4. The number of anilines is 1. The largest absolute Gasteiger partial charge is 0.489 e. The van der Waals surface area contributed by atoms with E-state index in [-0.39, 0.29) is 5.91 Å². The molecule has 0 spiro atoms. The summed E-state index contributed by atoms with van der Waals surface area (Å²) in [7, 11) is 2.10. The standard InChI is InChI=1S/C32H31N3O2/c1-4-23-16-22(2)35(3)30(17-23)26-10-11-27-20-33-31(19-28(27)18-26)34-32(36)25-12-14-29(15-13-25)37-21-24-8-6-5-7-9-24/h5-20,23H,4,21H2,1-3H3,(H,33,34,36). The number of carbonyl (C=O) groups excluding carboxylic acids is 1. The van der Waals surface area contributed by atoms with Gasteiger partial charge in [0.1, 0.15) is 18.2 Å². The van der Waals surface area contributed by atoms with Gasteiger partial charge < -0.3 is 15.0 Å². The van der Waals surface area contributed by atoms with Gasteiger partial charge in [0.2, 0.25) is 0 Å². The minimum Gasteiger partial charge on any atom is -0.489 e. The predicted octanol–water partition coefficient (Wildman–Crippen LogP) is 7.28. The second-order valence-electron chi connectivity index (χ2n) is 9.38. The Morgan fingerprint density at radius 2 is 1.76 bits per heavy atom. The van der Waals surface area contributed by atoms with Crippen LogP contribution in [0.25, 0.3) is 16.5 Å². The van der Waals surface area contributed by atoms with Crippen molar-refractivity contribution >= 4 is 28.2 Å². The lowest BCUT2D eigenvalue weighted by Gasteiger charge is -2.30. The molecular formula is C32H31N3O2. The molecule has 1 aromatic heterocycles. The normalized spacial score (nSPS) is 15.2. The predicted molar refractivity (Wildman–Crippen MR) is 150 cm³/mol. The fourth-order valence-electron chi connectivity index (χ4n) is 4.50. The van der Waals surface area contributed by atoms with E-state index in [9.17, 15) is 4.79 Å². The Kier molecular flexibility index (Phi) is 7.04. The summed E-state index contributed by atoms with van der Waals surface area (Å²) in [6.07, 6.45) is 7.51. The topological polar surface area (TPSA) is 54.5 Å². The average molecular weight is 490 g/mol. The lowest BCUT2D eigenvalue weighted by Crippen LogP contribution is -2.20. The number of nitrogens with one attached hydrogen (secondary N) is 1. The van der Waals surface area contributed by atoms with Gasteiger partial charge in [0.25, 0.3) is 5.91 Å². The maximum Gasteiger partial charge on any atom is 0.256 e. The van der Waals surface area contributed by atoms with Crippen LogP contribution in [-0.2, 0) is 6.61 Å². The van der Waals surface area contributed by atoms with E-state index < -0.39 is 0 Å². The highest BCUT2D eigenvalue weighted by Crippen LogP contribution is 2.32. The number of amides is 1. The van der Waals surface area contributed by atoms with Crippen molar-refractivity contribution in [3.8, 4) is 5.75 Å².